The third kappa shape index (κ3) is 4.10. The number of aromatic nitrogens is 3. The number of amides is 1. The molecular weight excluding hydrogens is 428 g/mol. The van der Waals surface area contributed by atoms with Crippen molar-refractivity contribution < 1.29 is 13.2 Å². The van der Waals surface area contributed by atoms with E-state index < -0.39 is 10.0 Å². The minimum atomic E-state index is -3.32. The van der Waals surface area contributed by atoms with Crippen LogP contribution in [0, 0.1) is 11.3 Å². The fraction of sp³-hybridized carbons (Fsp3) is 0.682. The highest BCUT2D eigenvalue weighted by molar-refractivity contribution is 7.89. The number of anilines is 1. The van der Waals surface area contributed by atoms with Gasteiger partial charge in [0, 0.05) is 50.8 Å². The van der Waals surface area contributed by atoms with Gasteiger partial charge in [0.2, 0.25) is 15.9 Å². The Kier molecular flexibility index (Phi) is 5.61. The van der Waals surface area contributed by atoms with Crippen molar-refractivity contribution in [3.63, 3.8) is 0 Å². The number of piperidine rings is 1. The summed E-state index contributed by atoms with van der Waals surface area (Å²) < 4.78 is 28.1. The van der Waals surface area contributed by atoms with Gasteiger partial charge < -0.3 is 15.2 Å². The normalized spacial score (nSPS) is 29.5. The molecule has 1 saturated carbocycles. The van der Waals surface area contributed by atoms with Crippen LogP contribution >= 0.6 is 0 Å². The van der Waals surface area contributed by atoms with Crippen molar-refractivity contribution >= 4 is 32.8 Å². The molecule has 0 bridgehead atoms. The molecule has 4 heterocycles. The van der Waals surface area contributed by atoms with Crippen LogP contribution in [0.15, 0.2) is 18.6 Å². The predicted molar refractivity (Wildman–Crippen MR) is 123 cm³/mol. The third-order valence-corrected chi connectivity index (χ3v) is 9.68. The molecule has 9 nitrogen and oxygen atoms in total. The summed E-state index contributed by atoms with van der Waals surface area (Å²) in [5.74, 6) is 1.37. The summed E-state index contributed by atoms with van der Waals surface area (Å²) in [5.41, 5.74) is 0.629. The molecule has 1 aliphatic carbocycles. The van der Waals surface area contributed by atoms with Crippen molar-refractivity contribution in [2.24, 2.45) is 11.3 Å². The van der Waals surface area contributed by atoms with Crippen molar-refractivity contribution in [3.8, 4) is 0 Å². The van der Waals surface area contributed by atoms with Crippen LogP contribution in [-0.4, -0.2) is 72.1 Å². The fourth-order valence-corrected chi connectivity index (χ4v) is 7.87. The van der Waals surface area contributed by atoms with Crippen LogP contribution in [0.5, 0.6) is 0 Å². The molecule has 1 unspecified atom stereocenters. The van der Waals surface area contributed by atoms with Gasteiger partial charge in [-0.1, -0.05) is 0 Å². The van der Waals surface area contributed by atoms with Gasteiger partial charge in [0.05, 0.1) is 11.1 Å². The van der Waals surface area contributed by atoms with E-state index in [0.717, 1.165) is 55.4 Å². The van der Waals surface area contributed by atoms with Gasteiger partial charge >= 0.3 is 0 Å². The largest absolute Gasteiger partial charge is 0.356 e. The highest BCUT2D eigenvalue weighted by atomic mass is 32.2. The van der Waals surface area contributed by atoms with Crippen molar-refractivity contribution in [1.82, 2.24) is 24.6 Å². The molecule has 174 valence electrons. The molecule has 2 aromatic rings. The molecule has 1 atom stereocenters. The van der Waals surface area contributed by atoms with E-state index in [0.29, 0.717) is 32.1 Å². The lowest BCUT2D eigenvalue weighted by Crippen LogP contribution is -2.48. The minimum Gasteiger partial charge on any atom is -0.356 e. The maximum absolute atomic E-state index is 13.2. The van der Waals surface area contributed by atoms with E-state index in [4.69, 9.17) is 0 Å². The summed E-state index contributed by atoms with van der Waals surface area (Å²) in [6, 6.07) is 2.34. The molecule has 2 saturated heterocycles. The van der Waals surface area contributed by atoms with E-state index in [-0.39, 0.29) is 23.0 Å². The van der Waals surface area contributed by atoms with Gasteiger partial charge in [0.25, 0.3) is 0 Å². The topological polar surface area (TPSA) is 111 Å². The maximum Gasteiger partial charge on any atom is 0.220 e. The number of hydrogen-bond acceptors (Lipinski definition) is 6. The van der Waals surface area contributed by atoms with Crippen LogP contribution in [0.4, 0.5) is 5.82 Å². The maximum atomic E-state index is 13.2. The molecule has 3 fully saturated rings. The average molecular weight is 461 g/mol. The molecule has 10 heteroatoms. The predicted octanol–water partition coefficient (Wildman–Crippen LogP) is 1.88. The Labute approximate surface area is 189 Å². The zero-order chi connectivity index (χ0) is 22.3. The second-order valence-electron chi connectivity index (χ2n) is 9.89. The number of carbonyl (C=O) groups excluding carboxylic acids is 1. The summed E-state index contributed by atoms with van der Waals surface area (Å²) in [6.45, 7) is 1.66. The second kappa shape index (κ2) is 8.30. The second-order valence-corrected chi connectivity index (χ2v) is 11.9. The van der Waals surface area contributed by atoms with Crippen LogP contribution in [0.2, 0.25) is 0 Å². The highest BCUT2D eigenvalue weighted by Crippen LogP contribution is 2.38. The fourth-order valence-electron chi connectivity index (χ4n) is 5.86. The van der Waals surface area contributed by atoms with Crippen molar-refractivity contribution in [2.75, 3.05) is 37.3 Å². The molecule has 0 radical (unpaired) electrons. The summed E-state index contributed by atoms with van der Waals surface area (Å²) in [7, 11) is -1.25. The van der Waals surface area contributed by atoms with Crippen LogP contribution in [-0.2, 0) is 14.8 Å². The molecule has 2 aromatic heterocycles. The van der Waals surface area contributed by atoms with Crippen molar-refractivity contribution in [1.29, 1.82) is 0 Å². The lowest BCUT2D eigenvalue weighted by Gasteiger charge is -2.40. The van der Waals surface area contributed by atoms with E-state index in [1.54, 1.807) is 10.6 Å². The number of carbonyl (C=O) groups is 1. The van der Waals surface area contributed by atoms with Gasteiger partial charge in [-0.15, -0.1) is 0 Å². The Morgan fingerprint density at radius 2 is 2.06 bits per heavy atom. The number of rotatable bonds is 5. The number of fused-ring (bicyclic) bond motifs is 1. The van der Waals surface area contributed by atoms with Gasteiger partial charge in [-0.2, -0.15) is 0 Å². The van der Waals surface area contributed by atoms with Gasteiger partial charge in [-0.25, -0.2) is 22.7 Å². The standard InChI is InChI=1S/C22H32N6O3S/c1-27(21-18-7-9-23-20(18)25-15-26-21)17-5-3-16(4-6-17)12-32(30,31)28-10-2-8-22(14-28)11-19(29)24-13-22/h7,9,15-17H,2-6,8,10-14H2,1H3,(H,24,29)(H,23,25,26). The van der Waals surface area contributed by atoms with Gasteiger partial charge in [0.15, 0.2) is 0 Å². The first-order valence-corrected chi connectivity index (χ1v) is 13.2. The smallest absolute Gasteiger partial charge is 0.220 e. The number of nitrogens with one attached hydrogen (secondary N) is 2. The van der Waals surface area contributed by atoms with Gasteiger partial charge in [-0.3, -0.25) is 4.79 Å². The summed E-state index contributed by atoms with van der Waals surface area (Å²) in [4.78, 5) is 25.9. The first-order chi connectivity index (χ1) is 15.4. The third-order valence-electron chi connectivity index (χ3n) is 7.69. The lowest BCUT2D eigenvalue weighted by molar-refractivity contribution is -0.119. The Morgan fingerprint density at radius 1 is 1.25 bits per heavy atom. The Balaban J connectivity index is 1.19. The molecule has 1 spiro atoms. The molecule has 32 heavy (non-hydrogen) atoms. The van der Waals surface area contributed by atoms with E-state index >= 15 is 0 Å². The zero-order valence-corrected chi connectivity index (χ0v) is 19.4. The van der Waals surface area contributed by atoms with Gasteiger partial charge in [0.1, 0.15) is 17.8 Å². The number of hydrogen-bond donors (Lipinski definition) is 2. The molecule has 1 amide bonds. The number of H-pyrrole nitrogens is 1. The van der Waals surface area contributed by atoms with Crippen LogP contribution in [0.25, 0.3) is 11.0 Å². The number of nitrogens with zero attached hydrogens (tertiary/aromatic N) is 4. The van der Waals surface area contributed by atoms with E-state index in [1.807, 2.05) is 12.3 Å². The Morgan fingerprint density at radius 3 is 2.81 bits per heavy atom. The molecule has 5 rings (SSSR count). The summed E-state index contributed by atoms with van der Waals surface area (Å²) in [6.07, 6.45) is 9.37. The van der Waals surface area contributed by atoms with Crippen LogP contribution < -0.4 is 10.2 Å². The monoisotopic (exact) mass is 460 g/mol. The zero-order valence-electron chi connectivity index (χ0n) is 18.6. The SMILES string of the molecule is CN(c1ncnc2[nH]ccc12)C1CCC(CS(=O)(=O)N2CCCC3(CNC(=O)C3)C2)CC1. The summed E-state index contributed by atoms with van der Waals surface area (Å²) >= 11 is 0. The minimum absolute atomic E-state index is 0.0484. The molecule has 0 aromatic carbocycles. The molecule has 3 aliphatic rings. The number of aromatic amines is 1. The van der Waals surface area contributed by atoms with Crippen LogP contribution in [0.3, 0.4) is 0 Å². The Bertz CT molecular complexity index is 1090. The average Bonchev–Trinajstić information content (AvgIpc) is 3.40. The van der Waals surface area contributed by atoms with E-state index in [1.165, 1.54) is 0 Å². The Hall–Kier alpha value is -2.20. The summed E-state index contributed by atoms with van der Waals surface area (Å²) in [5, 5.41) is 3.91. The van der Waals surface area contributed by atoms with E-state index in [9.17, 15) is 13.2 Å². The van der Waals surface area contributed by atoms with Gasteiger partial charge in [-0.05, 0) is 50.5 Å². The lowest BCUT2D eigenvalue weighted by atomic mass is 9.80. The molecule has 2 aliphatic heterocycles. The van der Waals surface area contributed by atoms with E-state index in [2.05, 4.69) is 32.2 Å². The first-order valence-electron chi connectivity index (χ1n) is 11.6. The number of sulfonamides is 1. The quantitative estimate of drug-likeness (QED) is 0.705. The van der Waals surface area contributed by atoms with Crippen LogP contribution in [0.1, 0.15) is 44.9 Å². The van der Waals surface area contributed by atoms with Crippen molar-refractivity contribution in [2.45, 2.75) is 51.0 Å². The molecule has 2 N–H and O–H groups in total. The first kappa shape index (κ1) is 21.6. The highest BCUT2D eigenvalue weighted by Gasteiger charge is 2.44. The molecular formula is C22H32N6O3S. The van der Waals surface area contributed by atoms with Crippen molar-refractivity contribution in [3.05, 3.63) is 18.6 Å².